The minimum atomic E-state index is -0.396. The van der Waals surface area contributed by atoms with Gasteiger partial charge in [-0.1, -0.05) is 90.4 Å². The lowest BCUT2D eigenvalue weighted by Gasteiger charge is -2.06. The molecule has 0 aliphatic heterocycles. The molecular formula is C18H35NO. The minimum Gasteiger partial charge on any atom is -0.392 e. The van der Waals surface area contributed by atoms with Gasteiger partial charge in [0.05, 0.1) is 18.6 Å². The summed E-state index contributed by atoms with van der Waals surface area (Å²) in [5, 5.41) is 17.8. The van der Waals surface area contributed by atoms with Gasteiger partial charge >= 0.3 is 0 Å². The van der Waals surface area contributed by atoms with Gasteiger partial charge in [0.15, 0.2) is 0 Å². The van der Waals surface area contributed by atoms with Gasteiger partial charge in [0.2, 0.25) is 0 Å². The molecule has 2 nitrogen and oxygen atoms in total. The van der Waals surface area contributed by atoms with Gasteiger partial charge in [-0.25, -0.2) is 0 Å². The zero-order valence-electron chi connectivity index (χ0n) is 13.6. The molecule has 0 heterocycles. The minimum absolute atomic E-state index is 0.290. The fraction of sp³-hybridized carbons (Fsp3) is 0.944. The van der Waals surface area contributed by atoms with Crippen LogP contribution in [-0.2, 0) is 0 Å². The van der Waals surface area contributed by atoms with Crippen LogP contribution in [0.1, 0.15) is 103 Å². The third-order valence-electron chi connectivity index (χ3n) is 3.97. The van der Waals surface area contributed by atoms with E-state index in [2.05, 4.69) is 6.92 Å². The molecule has 1 N–H and O–H groups in total. The molecule has 1 atom stereocenters. The molecule has 0 fully saturated rings. The monoisotopic (exact) mass is 281 g/mol. The maximum atomic E-state index is 9.40. The van der Waals surface area contributed by atoms with E-state index >= 15 is 0 Å². The summed E-state index contributed by atoms with van der Waals surface area (Å²) in [7, 11) is 0. The summed E-state index contributed by atoms with van der Waals surface area (Å²) >= 11 is 0. The molecule has 0 aromatic heterocycles. The molecule has 1 unspecified atom stereocenters. The van der Waals surface area contributed by atoms with Crippen LogP contribution in [0.2, 0.25) is 0 Å². The Morgan fingerprint density at radius 1 is 0.750 bits per heavy atom. The fourth-order valence-electron chi connectivity index (χ4n) is 2.61. The van der Waals surface area contributed by atoms with Crippen molar-refractivity contribution in [3.63, 3.8) is 0 Å². The van der Waals surface area contributed by atoms with Crippen molar-refractivity contribution >= 4 is 0 Å². The van der Waals surface area contributed by atoms with E-state index in [1.54, 1.807) is 0 Å². The molecule has 118 valence electrons. The standard InChI is InChI=1S/C18H35NO/c1-2-3-4-5-6-7-8-9-10-11-12-13-14-15-18(20)16-17-19/h18,20H,2-16H2,1H3. The summed E-state index contributed by atoms with van der Waals surface area (Å²) in [4.78, 5) is 0. The Morgan fingerprint density at radius 2 is 1.15 bits per heavy atom. The van der Waals surface area contributed by atoms with Gasteiger partial charge in [-0.15, -0.1) is 0 Å². The molecule has 0 aromatic rings. The first kappa shape index (κ1) is 19.4. The van der Waals surface area contributed by atoms with E-state index in [9.17, 15) is 5.11 Å². The summed E-state index contributed by atoms with van der Waals surface area (Å²) < 4.78 is 0. The summed E-state index contributed by atoms with van der Waals surface area (Å²) in [6.07, 6.45) is 18.2. The Kier molecular flexibility index (Phi) is 16.1. The average molecular weight is 281 g/mol. The maximum absolute atomic E-state index is 9.40. The highest BCUT2D eigenvalue weighted by Crippen LogP contribution is 2.13. The highest BCUT2D eigenvalue weighted by atomic mass is 16.3. The van der Waals surface area contributed by atoms with Crippen molar-refractivity contribution in [3.8, 4) is 6.07 Å². The number of aliphatic hydroxyl groups excluding tert-OH is 1. The molecule has 0 aliphatic carbocycles. The Balaban J connectivity index is 3.01. The first-order valence-electron chi connectivity index (χ1n) is 8.86. The van der Waals surface area contributed by atoms with Gasteiger partial charge in [-0.05, 0) is 6.42 Å². The van der Waals surface area contributed by atoms with Gasteiger partial charge in [0, 0.05) is 0 Å². The fourth-order valence-corrected chi connectivity index (χ4v) is 2.61. The topological polar surface area (TPSA) is 44.0 Å². The molecule has 0 amide bonds. The van der Waals surface area contributed by atoms with Crippen molar-refractivity contribution < 1.29 is 5.11 Å². The van der Waals surface area contributed by atoms with Crippen LogP contribution in [0.25, 0.3) is 0 Å². The van der Waals surface area contributed by atoms with Crippen molar-refractivity contribution in [3.05, 3.63) is 0 Å². The van der Waals surface area contributed by atoms with Gasteiger partial charge in [0.25, 0.3) is 0 Å². The molecule has 0 spiro atoms. The number of nitrogens with zero attached hydrogens (tertiary/aromatic N) is 1. The zero-order chi connectivity index (χ0) is 14.9. The second kappa shape index (κ2) is 16.5. The highest BCUT2D eigenvalue weighted by Gasteiger charge is 2.01. The first-order valence-corrected chi connectivity index (χ1v) is 8.86. The van der Waals surface area contributed by atoms with Crippen molar-refractivity contribution in [2.75, 3.05) is 0 Å². The summed E-state index contributed by atoms with van der Waals surface area (Å²) in [5.74, 6) is 0. The normalized spacial score (nSPS) is 12.2. The number of rotatable bonds is 15. The van der Waals surface area contributed by atoms with E-state index in [0.29, 0.717) is 0 Å². The molecule has 0 radical (unpaired) electrons. The summed E-state index contributed by atoms with van der Waals surface area (Å²) in [6, 6.07) is 2.01. The molecular weight excluding hydrogens is 246 g/mol. The van der Waals surface area contributed by atoms with Crippen molar-refractivity contribution in [2.24, 2.45) is 0 Å². The Labute approximate surface area is 126 Å². The largest absolute Gasteiger partial charge is 0.392 e. The molecule has 0 bridgehead atoms. The van der Waals surface area contributed by atoms with Crippen molar-refractivity contribution in [1.82, 2.24) is 0 Å². The number of hydrogen-bond donors (Lipinski definition) is 1. The average Bonchev–Trinajstić information content (AvgIpc) is 2.44. The Hall–Kier alpha value is -0.550. The van der Waals surface area contributed by atoms with E-state index in [-0.39, 0.29) is 6.42 Å². The van der Waals surface area contributed by atoms with Crippen LogP contribution in [0, 0.1) is 11.3 Å². The highest BCUT2D eigenvalue weighted by molar-refractivity contribution is 4.74. The molecule has 0 saturated heterocycles. The number of hydrogen-bond acceptors (Lipinski definition) is 2. The van der Waals surface area contributed by atoms with Crippen LogP contribution in [-0.4, -0.2) is 11.2 Å². The van der Waals surface area contributed by atoms with Gasteiger partial charge in [0.1, 0.15) is 0 Å². The van der Waals surface area contributed by atoms with E-state index in [1.165, 1.54) is 77.0 Å². The quantitative estimate of drug-likeness (QED) is 0.389. The summed E-state index contributed by atoms with van der Waals surface area (Å²) in [6.45, 7) is 2.27. The van der Waals surface area contributed by atoms with Gasteiger partial charge in [-0.3, -0.25) is 0 Å². The molecule has 2 heteroatoms. The van der Waals surface area contributed by atoms with Crippen LogP contribution in [0.4, 0.5) is 0 Å². The SMILES string of the molecule is CCCCCCCCCCCCCCCC(O)CC#N. The van der Waals surface area contributed by atoms with Crippen LogP contribution in [0.15, 0.2) is 0 Å². The second-order valence-electron chi connectivity index (χ2n) is 6.05. The van der Waals surface area contributed by atoms with Crippen molar-refractivity contribution in [2.45, 2.75) is 109 Å². The third-order valence-corrected chi connectivity index (χ3v) is 3.97. The summed E-state index contributed by atoms with van der Waals surface area (Å²) in [5.41, 5.74) is 0. The van der Waals surface area contributed by atoms with Crippen LogP contribution in [0.5, 0.6) is 0 Å². The van der Waals surface area contributed by atoms with E-state index < -0.39 is 6.10 Å². The number of aliphatic hydroxyl groups is 1. The molecule has 0 rings (SSSR count). The lowest BCUT2D eigenvalue weighted by Crippen LogP contribution is -2.04. The third kappa shape index (κ3) is 15.5. The van der Waals surface area contributed by atoms with Crippen LogP contribution >= 0.6 is 0 Å². The smallest absolute Gasteiger partial charge is 0.0670 e. The van der Waals surface area contributed by atoms with Crippen molar-refractivity contribution in [1.29, 1.82) is 5.26 Å². The van der Waals surface area contributed by atoms with Crippen LogP contribution < -0.4 is 0 Å². The zero-order valence-corrected chi connectivity index (χ0v) is 13.6. The number of nitriles is 1. The predicted octanol–water partition coefficient (Wildman–Crippen LogP) is 5.74. The van der Waals surface area contributed by atoms with E-state index in [0.717, 1.165) is 12.8 Å². The molecule has 20 heavy (non-hydrogen) atoms. The Morgan fingerprint density at radius 3 is 1.55 bits per heavy atom. The predicted molar refractivity (Wildman–Crippen MR) is 86.5 cm³/mol. The Bertz CT molecular complexity index is 222. The molecule has 0 aliphatic rings. The van der Waals surface area contributed by atoms with E-state index in [1.807, 2.05) is 6.07 Å². The maximum Gasteiger partial charge on any atom is 0.0670 e. The van der Waals surface area contributed by atoms with Gasteiger partial charge < -0.3 is 5.11 Å². The second-order valence-corrected chi connectivity index (χ2v) is 6.05. The van der Waals surface area contributed by atoms with E-state index in [4.69, 9.17) is 5.26 Å². The van der Waals surface area contributed by atoms with Crippen LogP contribution in [0.3, 0.4) is 0 Å². The first-order chi connectivity index (χ1) is 9.81. The number of unbranched alkanes of at least 4 members (excludes halogenated alkanes) is 12. The molecule has 0 aromatic carbocycles. The lowest BCUT2D eigenvalue weighted by molar-refractivity contribution is 0.165. The lowest BCUT2D eigenvalue weighted by atomic mass is 10.0. The molecule has 0 saturated carbocycles. The van der Waals surface area contributed by atoms with Gasteiger partial charge in [-0.2, -0.15) is 5.26 Å².